The first-order valence-corrected chi connectivity index (χ1v) is 6.29. The molecule has 0 radical (unpaired) electrons. The van der Waals surface area contributed by atoms with Crippen molar-refractivity contribution >= 4 is 11.6 Å². The number of carbonyl (C=O) groups is 1. The van der Waals surface area contributed by atoms with Gasteiger partial charge in [0.25, 0.3) is 0 Å². The lowest BCUT2D eigenvalue weighted by atomic mass is 10.4. The summed E-state index contributed by atoms with van der Waals surface area (Å²) in [4.78, 5) is 11.8. The van der Waals surface area contributed by atoms with E-state index < -0.39 is 12.8 Å². The summed E-state index contributed by atoms with van der Waals surface area (Å²) in [6.45, 7) is 0.145. The molecule has 120 valence electrons. The monoisotopic (exact) mass is 317 g/mol. The Hall–Kier alpha value is -2.36. The smallest absolute Gasteiger partial charge is 0.350 e. The van der Waals surface area contributed by atoms with Gasteiger partial charge >= 0.3 is 6.18 Å². The van der Waals surface area contributed by atoms with Gasteiger partial charge in [0.1, 0.15) is 19.9 Å². The number of anilines is 1. The zero-order valence-electron chi connectivity index (χ0n) is 11.7. The second-order valence-electron chi connectivity index (χ2n) is 4.54. The topological polar surface area (TPSA) is 74.0 Å². The van der Waals surface area contributed by atoms with Gasteiger partial charge in [0.05, 0.1) is 18.1 Å². The normalized spacial score (nSPS) is 11.6. The molecule has 0 saturated carbocycles. The number of aromatic nitrogens is 4. The van der Waals surface area contributed by atoms with E-state index in [1.807, 2.05) is 6.92 Å². The van der Waals surface area contributed by atoms with Crippen LogP contribution in [0.4, 0.5) is 18.9 Å². The van der Waals surface area contributed by atoms with Crippen LogP contribution in [0, 0.1) is 6.92 Å². The summed E-state index contributed by atoms with van der Waals surface area (Å²) >= 11 is 0. The maximum Gasteiger partial charge on any atom is 0.411 e. The van der Waals surface area contributed by atoms with Crippen LogP contribution in [-0.2, 0) is 22.8 Å². The Morgan fingerprint density at radius 3 is 2.82 bits per heavy atom. The van der Waals surface area contributed by atoms with Crippen molar-refractivity contribution in [3.63, 3.8) is 0 Å². The van der Waals surface area contributed by atoms with E-state index in [1.165, 1.54) is 17.1 Å². The molecule has 0 bridgehead atoms. The van der Waals surface area contributed by atoms with Gasteiger partial charge in [-0.3, -0.25) is 9.48 Å². The highest BCUT2D eigenvalue weighted by Gasteiger charge is 2.27. The number of carbonyl (C=O) groups excluding carboxylic acids is 1. The number of halogens is 3. The fourth-order valence-corrected chi connectivity index (χ4v) is 1.65. The summed E-state index contributed by atoms with van der Waals surface area (Å²) in [6, 6.07) is 1.77. The Morgan fingerprint density at radius 2 is 2.18 bits per heavy atom. The molecule has 1 N–H and O–H groups in total. The number of alkyl halides is 3. The van der Waals surface area contributed by atoms with Crippen LogP contribution in [0.3, 0.4) is 0 Å². The highest BCUT2D eigenvalue weighted by atomic mass is 19.4. The van der Waals surface area contributed by atoms with Crippen LogP contribution in [-0.4, -0.2) is 38.3 Å². The first-order chi connectivity index (χ1) is 10.3. The van der Waals surface area contributed by atoms with E-state index in [4.69, 9.17) is 0 Å². The van der Waals surface area contributed by atoms with Gasteiger partial charge in [0, 0.05) is 11.9 Å². The zero-order valence-corrected chi connectivity index (χ0v) is 11.7. The molecular weight excluding hydrogens is 303 g/mol. The van der Waals surface area contributed by atoms with Crippen molar-refractivity contribution in [2.45, 2.75) is 26.4 Å². The van der Waals surface area contributed by atoms with Gasteiger partial charge in [-0.2, -0.15) is 23.4 Å². The number of nitrogens with zero attached hydrogens (tertiary/aromatic N) is 4. The highest BCUT2D eigenvalue weighted by molar-refractivity contribution is 5.90. The summed E-state index contributed by atoms with van der Waals surface area (Å²) in [5.74, 6) is -0.317. The third kappa shape index (κ3) is 4.88. The summed E-state index contributed by atoms with van der Waals surface area (Å²) in [5, 5.41) is 10.3. The molecule has 0 spiro atoms. The van der Waals surface area contributed by atoms with Crippen LogP contribution >= 0.6 is 0 Å². The second-order valence-corrected chi connectivity index (χ2v) is 4.54. The molecule has 1 amide bonds. The van der Waals surface area contributed by atoms with Crippen molar-refractivity contribution in [2.75, 3.05) is 11.9 Å². The van der Waals surface area contributed by atoms with E-state index in [0.717, 1.165) is 10.4 Å². The maximum absolute atomic E-state index is 11.9. The van der Waals surface area contributed by atoms with Crippen LogP contribution in [0.25, 0.3) is 0 Å². The van der Waals surface area contributed by atoms with Gasteiger partial charge in [0.15, 0.2) is 0 Å². The molecule has 0 unspecified atom stereocenters. The molecule has 2 heterocycles. The molecule has 2 aromatic rings. The fourth-order valence-electron chi connectivity index (χ4n) is 1.65. The molecule has 2 aromatic heterocycles. The van der Waals surface area contributed by atoms with Gasteiger partial charge in [-0.15, -0.1) is 0 Å². The Balaban J connectivity index is 1.81. The average molecular weight is 317 g/mol. The molecule has 0 aliphatic carbocycles. The summed E-state index contributed by atoms with van der Waals surface area (Å²) in [7, 11) is 0. The third-order valence-corrected chi connectivity index (χ3v) is 2.63. The van der Waals surface area contributed by atoms with Crippen LogP contribution < -0.4 is 5.32 Å². The number of hydrogen-bond acceptors (Lipinski definition) is 4. The molecule has 0 fully saturated rings. The number of hydrogen-bond donors (Lipinski definition) is 1. The van der Waals surface area contributed by atoms with Gasteiger partial charge in [-0.25, -0.2) is 4.68 Å². The second kappa shape index (κ2) is 6.60. The Bertz CT molecular complexity index is 635. The molecule has 0 atom stereocenters. The zero-order chi connectivity index (χ0) is 16.2. The first kappa shape index (κ1) is 16.0. The molecule has 7 nitrogen and oxygen atoms in total. The minimum atomic E-state index is -4.38. The summed E-state index contributed by atoms with van der Waals surface area (Å²) in [5.41, 5.74) is 1.21. The molecule has 0 saturated heterocycles. The van der Waals surface area contributed by atoms with Gasteiger partial charge in [0.2, 0.25) is 5.91 Å². The number of rotatable bonds is 6. The van der Waals surface area contributed by atoms with Crippen molar-refractivity contribution in [2.24, 2.45) is 0 Å². The van der Waals surface area contributed by atoms with Crippen molar-refractivity contribution in [3.05, 3.63) is 30.4 Å². The summed E-state index contributed by atoms with van der Waals surface area (Å²) < 4.78 is 42.9. The van der Waals surface area contributed by atoms with Crippen molar-refractivity contribution in [1.29, 1.82) is 0 Å². The molecule has 0 aromatic carbocycles. The van der Waals surface area contributed by atoms with E-state index >= 15 is 0 Å². The van der Waals surface area contributed by atoms with Crippen LogP contribution in [0.5, 0.6) is 0 Å². The van der Waals surface area contributed by atoms with Crippen molar-refractivity contribution < 1.29 is 22.7 Å². The summed E-state index contributed by atoms with van der Waals surface area (Å²) in [6.07, 6.45) is -0.0977. The molecular formula is C12H14F3N5O2. The first-order valence-electron chi connectivity index (χ1n) is 6.29. The predicted molar refractivity (Wildman–Crippen MR) is 69.8 cm³/mol. The third-order valence-electron chi connectivity index (χ3n) is 2.63. The maximum atomic E-state index is 11.9. The van der Waals surface area contributed by atoms with E-state index in [9.17, 15) is 18.0 Å². The lowest BCUT2D eigenvalue weighted by molar-refractivity contribution is -0.182. The minimum Gasteiger partial charge on any atom is -0.350 e. The van der Waals surface area contributed by atoms with E-state index in [1.54, 1.807) is 12.3 Å². The lowest BCUT2D eigenvalue weighted by Gasteiger charge is -2.07. The van der Waals surface area contributed by atoms with Crippen LogP contribution in [0.15, 0.2) is 24.7 Å². The van der Waals surface area contributed by atoms with Crippen LogP contribution in [0.1, 0.15) is 5.69 Å². The minimum absolute atomic E-state index is 0.0363. The molecule has 2 rings (SSSR count). The predicted octanol–water partition coefficient (Wildman–Crippen LogP) is 1.56. The standard InChI is InChI=1S/C12H14F3N5O2/c1-9-2-3-16-20(9)6-11(21)18-10-4-17-19(5-10)8-22-7-12(13,14)15/h2-5H,6-8H2,1H3,(H,18,21). The van der Waals surface area contributed by atoms with Gasteiger partial charge in [-0.1, -0.05) is 0 Å². The molecule has 22 heavy (non-hydrogen) atoms. The van der Waals surface area contributed by atoms with Crippen molar-refractivity contribution in [3.8, 4) is 0 Å². The number of ether oxygens (including phenoxy) is 1. The Kier molecular flexibility index (Phi) is 4.81. The quantitative estimate of drug-likeness (QED) is 0.877. The average Bonchev–Trinajstić information content (AvgIpc) is 2.98. The highest BCUT2D eigenvalue weighted by Crippen LogP contribution is 2.15. The van der Waals surface area contributed by atoms with Gasteiger partial charge < -0.3 is 10.1 Å². The molecule has 10 heteroatoms. The van der Waals surface area contributed by atoms with E-state index in [-0.39, 0.29) is 19.2 Å². The van der Waals surface area contributed by atoms with Crippen molar-refractivity contribution in [1.82, 2.24) is 19.6 Å². The van der Waals surface area contributed by atoms with E-state index in [2.05, 4.69) is 20.3 Å². The number of nitrogens with one attached hydrogen (secondary N) is 1. The van der Waals surface area contributed by atoms with Gasteiger partial charge in [-0.05, 0) is 13.0 Å². The lowest BCUT2D eigenvalue weighted by Crippen LogP contribution is -2.20. The molecule has 0 aliphatic heterocycles. The number of amides is 1. The SMILES string of the molecule is Cc1ccnn1CC(=O)Nc1cnn(COCC(F)(F)F)c1. The number of aryl methyl sites for hydroxylation is 1. The Labute approximate surface area is 123 Å². The molecule has 0 aliphatic rings. The largest absolute Gasteiger partial charge is 0.411 e. The van der Waals surface area contributed by atoms with E-state index in [0.29, 0.717) is 5.69 Å². The van der Waals surface area contributed by atoms with Crippen LogP contribution in [0.2, 0.25) is 0 Å². The Morgan fingerprint density at radius 1 is 1.41 bits per heavy atom. The fraction of sp³-hybridized carbons (Fsp3) is 0.417.